The van der Waals surface area contributed by atoms with E-state index in [-0.39, 0.29) is 0 Å². The monoisotopic (exact) mass is 250 g/mol. The van der Waals surface area contributed by atoms with E-state index in [1.165, 1.54) is 12.8 Å². The van der Waals surface area contributed by atoms with Crippen molar-refractivity contribution < 1.29 is 22.7 Å². The number of ether oxygens (including phenoxy) is 1. The Balaban J connectivity index is 3.47. The molecule has 5 heteroatoms. The smallest absolute Gasteiger partial charge is 0.446 e. The van der Waals surface area contributed by atoms with Gasteiger partial charge in [0.25, 0.3) is 0 Å². The molecule has 0 radical (unpaired) electrons. The Morgan fingerprint density at radius 2 is 1.76 bits per heavy atom. The van der Waals surface area contributed by atoms with Crippen molar-refractivity contribution in [1.82, 2.24) is 0 Å². The summed E-state index contributed by atoms with van der Waals surface area (Å²) in [6, 6.07) is 0. The highest BCUT2D eigenvalue weighted by Crippen LogP contribution is 2.15. The fourth-order valence-corrected chi connectivity index (χ4v) is 1.14. The predicted molar refractivity (Wildman–Crippen MR) is 58.2 cm³/mol. The van der Waals surface area contributed by atoms with E-state index in [1.807, 2.05) is 0 Å². The Morgan fingerprint density at radius 1 is 1.12 bits per heavy atom. The van der Waals surface area contributed by atoms with Crippen molar-refractivity contribution >= 4 is 5.97 Å². The molecule has 0 unspecified atom stereocenters. The van der Waals surface area contributed by atoms with Crippen LogP contribution >= 0.6 is 0 Å². The number of hydrogen-bond donors (Lipinski definition) is 0. The van der Waals surface area contributed by atoms with Crippen molar-refractivity contribution in [3.63, 3.8) is 0 Å². The van der Waals surface area contributed by atoms with Gasteiger partial charge in [-0.15, -0.1) is 0 Å². The molecule has 0 N–H and O–H groups in total. The van der Waals surface area contributed by atoms with E-state index in [2.05, 4.69) is 23.5 Å². The number of halogens is 3. The number of carbonyl (C=O) groups excluding carboxylic acids is 1. The van der Waals surface area contributed by atoms with E-state index in [9.17, 15) is 18.0 Å². The van der Waals surface area contributed by atoms with E-state index in [0.717, 1.165) is 19.3 Å². The van der Waals surface area contributed by atoms with Gasteiger partial charge in [0, 0.05) is 6.42 Å². The summed E-state index contributed by atoms with van der Waals surface area (Å²) in [7, 11) is 0. The third-order valence-electron chi connectivity index (χ3n) is 2.04. The van der Waals surface area contributed by atoms with Crippen molar-refractivity contribution in [2.24, 2.45) is 0 Å². The summed E-state index contributed by atoms with van der Waals surface area (Å²) >= 11 is 0. The highest BCUT2D eigenvalue weighted by molar-refractivity contribution is 5.75. The van der Waals surface area contributed by atoms with Gasteiger partial charge in [-0.1, -0.05) is 44.4 Å². The van der Waals surface area contributed by atoms with Crippen molar-refractivity contribution in [3.05, 3.63) is 0 Å². The van der Waals surface area contributed by atoms with Gasteiger partial charge in [0.2, 0.25) is 0 Å². The molecule has 0 aromatic carbocycles. The molecule has 0 fully saturated rings. The molecule has 0 aliphatic carbocycles. The summed E-state index contributed by atoms with van der Waals surface area (Å²) in [5.74, 6) is 2.88. The Hall–Kier alpha value is -1.18. The zero-order valence-electron chi connectivity index (χ0n) is 9.90. The van der Waals surface area contributed by atoms with Crippen LogP contribution in [0.3, 0.4) is 0 Å². The maximum atomic E-state index is 11.7. The molecule has 0 aromatic rings. The first kappa shape index (κ1) is 15.8. The van der Waals surface area contributed by atoms with Gasteiger partial charge in [-0.05, 0) is 6.42 Å². The molecule has 0 aromatic heterocycles. The van der Waals surface area contributed by atoms with Crippen LogP contribution in [-0.4, -0.2) is 18.8 Å². The first-order valence-electron chi connectivity index (χ1n) is 5.68. The lowest BCUT2D eigenvalue weighted by molar-refractivity contribution is -0.198. The van der Waals surface area contributed by atoms with Crippen LogP contribution in [0.15, 0.2) is 0 Å². The third-order valence-corrected chi connectivity index (χ3v) is 2.04. The molecule has 0 aliphatic heterocycles. The average molecular weight is 250 g/mol. The second-order valence-electron chi connectivity index (χ2n) is 3.59. The molecular weight excluding hydrogens is 233 g/mol. The van der Waals surface area contributed by atoms with Crippen LogP contribution in [0, 0.1) is 11.8 Å². The van der Waals surface area contributed by atoms with Gasteiger partial charge in [-0.2, -0.15) is 13.2 Å². The van der Waals surface area contributed by atoms with E-state index >= 15 is 0 Å². The molecule has 2 nitrogen and oxygen atoms in total. The zero-order valence-corrected chi connectivity index (χ0v) is 9.90. The predicted octanol–water partition coefficient (Wildman–Crippen LogP) is 3.46. The number of alkyl halides is 3. The maximum absolute atomic E-state index is 11.7. The first-order chi connectivity index (χ1) is 7.98. The first-order valence-corrected chi connectivity index (χ1v) is 5.68. The van der Waals surface area contributed by atoms with Gasteiger partial charge < -0.3 is 4.74 Å². The summed E-state index contributed by atoms with van der Waals surface area (Å²) in [5.41, 5.74) is 0. The summed E-state index contributed by atoms with van der Waals surface area (Å²) in [6.07, 6.45) is 1.22. The van der Waals surface area contributed by atoms with Crippen LogP contribution in [0.4, 0.5) is 13.2 Å². The lowest BCUT2D eigenvalue weighted by atomic mass is 10.1. The van der Waals surface area contributed by atoms with Gasteiger partial charge in [-0.25, -0.2) is 4.79 Å². The topological polar surface area (TPSA) is 26.3 Å². The molecule has 0 bridgehead atoms. The normalized spacial score (nSPS) is 10.6. The van der Waals surface area contributed by atoms with E-state index in [1.54, 1.807) is 0 Å². The molecule has 0 aliphatic rings. The summed E-state index contributed by atoms with van der Waals surface area (Å²) in [6.45, 7) is 1.63. The lowest BCUT2D eigenvalue weighted by Gasteiger charge is -2.03. The summed E-state index contributed by atoms with van der Waals surface area (Å²) in [4.78, 5) is 10.3. The van der Waals surface area contributed by atoms with E-state index in [4.69, 9.17) is 0 Å². The summed E-state index contributed by atoms with van der Waals surface area (Å²) in [5, 5.41) is 0. The molecule has 0 saturated heterocycles. The Labute approximate surface area is 99.5 Å². The average Bonchev–Trinajstić information content (AvgIpc) is 2.25. The molecule has 0 amide bonds. The largest absolute Gasteiger partial charge is 0.490 e. The van der Waals surface area contributed by atoms with Gasteiger partial charge in [0.05, 0.1) is 0 Å². The van der Waals surface area contributed by atoms with Crippen LogP contribution < -0.4 is 0 Å². The molecule has 0 saturated carbocycles. The zero-order chi connectivity index (χ0) is 13.1. The van der Waals surface area contributed by atoms with Crippen molar-refractivity contribution in [2.45, 2.75) is 51.6 Å². The minimum atomic E-state index is -4.93. The Bertz CT molecular complexity index is 274. The van der Waals surface area contributed by atoms with Gasteiger partial charge in [0.1, 0.15) is 0 Å². The van der Waals surface area contributed by atoms with Gasteiger partial charge in [0.15, 0.2) is 6.61 Å². The van der Waals surface area contributed by atoms with E-state index in [0.29, 0.717) is 6.42 Å². The minimum Gasteiger partial charge on any atom is -0.446 e. The number of esters is 1. The van der Waals surface area contributed by atoms with Crippen LogP contribution in [0.2, 0.25) is 0 Å². The molecule has 0 atom stereocenters. The maximum Gasteiger partial charge on any atom is 0.490 e. The number of rotatable bonds is 6. The quantitative estimate of drug-likeness (QED) is 0.410. The number of unbranched alkanes of at least 4 members (excludes halogenated alkanes) is 5. The van der Waals surface area contributed by atoms with Crippen LogP contribution in [0.25, 0.3) is 0 Å². The van der Waals surface area contributed by atoms with Crippen molar-refractivity contribution in [3.8, 4) is 11.8 Å². The number of hydrogen-bond acceptors (Lipinski definition) is 2. The lowest BCUT2D eigenvalue weighted by Crippen LogP contribution is -2.25. The third kappa shape index (κ3) is 9.73. The van der Waals surface area contributed by atoms with Crippen LogP contribution in [0.1, 0.15) is 45.4 Å². The van der Waals surface area contributed by atoms with Gasteiger partial charge in [-0.3, -0.25) is 0 Å². The highest BCUT2D eigenvalue weighted by Gasteiger charge is 2.40. The second kappa shape index (κ2) is 8.91. The highest BCUT2D eigenvalue weighted by atomic mass is 19.4. The van der Waals surface area contributed by atoms with Crippen molar-refractivity contribution in [1.29, 1.82) is 0 Å². The Kier molecular flexibility index (Phi) is 8.29. The fraction of sp³-hybridized carbons (Fsp3) is 0.750. The Morgan fingerprint density at radius 3 is 2.35 bits per heavy atom. The molecule has 17 heavy (non-hydrogen) atoms. The van der Waals surface area contributed by atoms with Crippen molar-refractivity contribution in [2.75, 3.05) is 6.61 Å². The number of carbonyl (C=O) groups is 1. The van der Waals surface area contributed by atoms with Gasteiger partial charge >= 0.3 is 12.1 Å². The van der Waals surface area contributed by atoms with Crippen LogP contribution in [-0.2, 0) is 9.53 Å². The molecule has 0 rings (SSSR count). The molecule has 0 heterocycles. The molecule has 98 valence electrons. The second-order valence-corrected chi connectivity index (χ2v) is 3.59. The van der Waals surface area contributed by atoms with Crippen LogP contribution in [0.5, 0.6) is 0 Å². The van der Waals surface area contributed by atoms with E-state index < -0.39 is 18.8 Å². The standard InChI is InChI=1S/C12H17F3O2/c1-2-3-4-5-6-7-8-9-10-17-11(16)12(13,14)15/h2-7,10H2,1H3. The fourth-order valence-electron chi connectivity index (χ4n) is 1.14. The molecule has 0 spiro atoms. The molecular formula is C12H17F3O2. The minimum absolute atomic E-state index is 0.493. The summed E-state index contributed by atoms with van der Waals surface area (Å²) < 4.78 is 38.9. The SMILES string of the molecule is CCCCCCCC#CCOC(=O)C(F)(F)F.